The number of piperidine rings is 1. The van der Waals surface area contributed by atoms with E-state index in [1.165, 1.54) is 38.2 Å². The summed E-state index contributed by atoms with van der Waals surface area (Å²) in [7, 11) is 0. The zero-order valence-corrected chi connectivity index (χ0v) is 11.2. The molecule has 0 bridgehead atoms. The van der Waals surface area contributed by atoms with Gasteiger partial charge in [-0.25, -0.2) is 4.98 Å². The summed E-state index contributed by atoms with van der Waals surface area (Å²) in [6.07, 6.45) is 6.10. The minimum atomic E-state index is -0.185. The molecule has 18 heavy (non-hydrogen) atoms. The number of hydrogen-bond donors (Lipinski definition) is 1. The molecule has 2 aliphatic heterocycles. The first-order valence-electron chi connectivity index (χ1n) is 7.22. The molecule has 1 aromatic heterocycles. The number of aliphatic hydroxyl groups is 1. The first kappa shape index (κ1) is 12.2. The quantitative estimate of drug-likeness (QED) is 0.861. The van der Waals surface area contributed by atoms with Gasteiger partial charge in [0, 0.05) is 25.1 Å². The maximum absolute atomic E-state index is 9.68. The summed E-state index contributed by atoms with van der Waals surface area (Å²) < 4.78 is 2.24. The van der Waals surface area contributed by atoms with Crippen molar-refractivity contribution in [3.05, 3.63) is 17.7 Å². The fraction of sp³-hybridized carbons (Fsp3) is 0.786. The zero-order valence-electron chi connectivity index (χ0n) is 11.2. The molecule has 1 saturated heterocycles. The molecule has 0 amide bonds. The number of aromatic nitrogens is 2. The van der Waals surface area contributed by atoms with Gasteiger partial charge in [0.05, 0.1) is 11.8 Å². The van der Waals surface area contributed by atoms with Gasteiger partial charge in [0.25, 0.3) is 0 Å². The molecule has 0 spiro atoms. The summed E-state index contributed by atoms with van der Waals surface area (Å²) in [4.78, 5) is 7.27. The molecule has 4 heteroatoms. The topological polar surface area (TPSA) is 41.3 Å². The van der Waals surface area contributed by atoms with Gasteiger partial charge in [-0.2, -0.15) is 0 Å². The molecule has 0 aromatic carbocycles. The molecule has 2 aliphatic rings. The summed E-state index contributed by atoms with van der Waals surface area (Å²) in [5.41, 5.74) is 1.26. The van der Waals surface area contributed by atoms with Crippen LogP contribution in [0.4, 0.5) is 0 Å². The lowest BCUT2D eigenvalue weighted by Gasteiger charge is -2.30. The van der Waals surface area contributed by atoms with Crippen LogP contribution in [0.15, 0.2) is 6.20 Å². The van der Waals surface area contributed by atoms with E-state index < -0.39 is 0 Å². The second-order valence-electron chi connectivity index (χ2n) is 5.63. The molecule has 100 valence electrons. The van der Waals surface area contributed by atoms with Gasteiger partial charge in [-0.05, 0) is 38.9 Å². The van der Waals surface area contributed by atoms with Gasteiger partial charge in [0.1, 0.15) is 5.82 Å². The monoisotopic (exact) mass is 249 g/mol. The Hall–Kier alpha value is -0.870. The van der Waals surface area contributed by atoms with Crippen molar-refractivity contribution in [3.8, 4) is 0 Å². The Morgan fingerprint density at radius 1 is 1.28 bits per heavy atom. The average molecular weight is 249 g/mol. The Kier molecular flexibility index (Phi) is 3.39. The molecule has 1 N–H and O–H groups in total. The lowest BCUT2D eigenvalue weighted by atomic mass is 9.94. The number of nitrogens with zero attached hydrogens (tertiary/aromatic N) is 3. The van der Waals surface area contributed by atoms with Gasteiger partial charge in [0.15, 0.2) is 0 Å². The third-order valence-electron chi connectivity index (χ3n) is 4.45. The number of likely N-dealkylation sites (tertiary alicyclic amines) is 1. The number of aliphatic hydroxyl groups excluding tert-OH is 1. The lowest BCUT2D eigenvalue weighted by molar-refractivity contribution is 0.141. The van der Waals surface area contributed by atoms with Crippen LogP contribution in [0.5, 0.6) is 0 Å². The molecule has 1 atom stereocenters. The molecule has 1 fully saturated rings. The third-order valence-corrected chi connectivity index (χ3v) is 4.45. The van der Waals surface area contributed by atoms with Crippen LogP contribution in [0.1, 0.15) is 43.6 Å². The van der Waals surface area contributed by atoms with Gasteiger partial charge in [0.2, 0.25) is 0 Å². The molecule has 0 radical (unpaired) electrons. The van der Waals surface area contributed by atoms with E-state index in [2.05, 4.69) is 22.6 Å². The summed E-state index contributed by atoms with van der Waals surface area (Å²) in [6.45, 7) is 6.73. The normalized spacial score (nSPS) is 26.2. The minimum Gasteiger partial charge on any atom is -0.393 e. The van der Waals surface area contributed by atoms with E-state index in [-0.39, 0.29) is 6.10 Å². The second kappa shape index (κ2) is 5.02. The van der Waals surface area contributed by atoms with Crippen molar-refractivity contribution in [2.24, 2.45) is 0 Å². The van der Waals surface area contributed by atoms with Gasteiger partial charge >= 0.3 is 0 Å². The Bertz CT molecular complexity index is 407. The van der Waals surface area contributed by atoms with Crippen LogP contribution in [0.2, 0.25) is 0 Å². The highest BCUT2D eigenvalue weighted by Crippen LogP contribution is 2.28. The van der Waals surface area contributed by atoms with Gasteiger partial charge < -0.3 is 14.6 Å². The Morgan fingerprint density at radius 2 is 2.06 bits per heavy atom. The zero-order chi connectivity index (χ0) is 12.5. The van der Waals surface area contributed by atoms with Crippen LogP contribution in [-0.4, -0.2) is 45.3 Å². The molecule has 3 heterocycles. The van der Waals surface area contributed by atoms with Crippen molar-refractivity contribution < 1.29 is 5.11 Å². The van der Waals surface area contributed by atoms with Crippen LogP contribution in [0, 0.1) is 0 Å². The largest absolute Gasteiger partial charge is 0.393 e. The molecule has 0 aliphatic carbocycles. The number of rotatable bonds is 2. The second-order valence-corrected chi connectivity index (χ2v) is 5.63. The Balaban J connectivity index is 1.70. The predicted octanol–water partition coefficient (Wildman–Crippen LogP) is 1.39. The van der Waals surface area contributed by atoms with E-state index in [0.29, 0.717) is 5.92 Å². The highest BCUT2D eigenvalue weighted by Gasteiger charge is 2.25. The van der Waals surface area contributed by atoms with E-state index in [1.807, 2.05) is 0 Å². The highest BCUT2D eigenvalue weighted by molar-refractivity contribution is 5.13. The fourth-order valence-corrected chi connectivity index (χ4v) is 3.18. The van der Waals surface area contributed by atoms with Gasteiger partial charge in [-0.3, -0.25) is 0 Å². The van der Waals surface area contributed by atoms with Gasteiger partial charge in [-0.1, -0.05) is 6.92 Å². The van der Waals surface area contributed by atoms with Crippen LogP contribution in [0.25, 0.3) is 0 Å². The number of hydrogen-bond acceptors (Lipinski definition) is 3. The SMILES string of the molecule is CCN1CCC(c2cn3c(n2)CC(O)CC3)CC1. The molecular formula is C14H23N3O. The van der Waals surface area contributed by atoms with Crippen LogP contribution in [0.3, 0.4) is 0 Å². The molecule has 0 saturated carbocycles. The first-order chi connectivity index (χ1) is 8.76. The Morgan fingerprint density at radius 3 is 2.78 bits per heavy atom. The lowest BCUT2D eigenvalue weighted by Crippen LogP contribution is -2.32. The molecule has 1 unspecified atom stereocenters. The molecular weight excluding hydrogens is 226 g/mol. The van der Waals surface area contributed by atoms with Crippen molar-refractivity contribution >= 4 is 0 Å². The first-order valence-corrected chi connectivity index (χ1v) is 7.22. The van der Waals surface area contributed by atoms with E-state index in [1.54, 1.807) is 0 Å². The maximum Gasteiger partial charge on any atom is 0.111 e. The van der Waals surface area contributed by atoms with Crippen molar-refractivity contribution in [2.75, 3.05) is 19.6 Å². The highest BCUT2D eigenvalue weighted by atomic mass is 16.3. The van der Waals surface area contributed by atoms with Crippen molar-refractivity contribution in [1.29, 1.82) is 0 Å². The van der Waals surface area contributed by atoms with Crippen LogP contribution in [-0.2, 0) is 13.0 Å². The fourth-order valence-electron chi connectivity index (χ4n) is 3.18. The summed E-state index contributed by atoms with van der Waals surface area (Å²) in [6, 6.07) is 0. The van der Waals surface area contributed by atoms with E-state index in [9.17, 15) is 5.11 Å². The molecule has 1 aromatic rings. The standard InChI is InChI=1S/C14H23N3O/c1-2-16-6-3-11(4-7-16)13-10-17-8-5-12(18)9-14(17)15-13/h10-12,18H,2-9H2,1H3. The minimum absolute atomic E-state index is 0.185. The van der Waals surface area contributed by atoms with Crippen molar-refractivity contribution in [1.82, 2.24) is 14.5 Å². The van der Waals surface area contributed by atoms with Crippen LogP contribution < -0.4 is 0 Å². The number of aryl methyl sites for hydroxylation is 1. The summed E-state index contributed by atoms with van der Waals surface area (Å²) >= 11 is 0. The summed E-state index contributed by atoms with van der Waals surface area (Å²) in [5, 5.41) is 9.68. The number of fused-ring (bicyclic) bond motifs is 1. The smallest absolute Gasteiger partial charge is 0.111 e. The molecule has 3 rings (SSSR count). The average Bonchev–Trinajstić information content (AvgIpc) is 2.81. The van der Waals surface area contributed by atoms with Crippen LogP contribution >= 0.6 is 0 Å². The number of imidazole rings is 1. The van der Waals surface area contributed by atoms with E-state index in [4.69, 9.17) is 4.98 Å². The Labute approximate surface area is 109 Å². The van der Waals surface area contributed by atoms with E-state index in [0.717, 1.165) is 25.2 Å². The van der Waals surface area contributed by atoms with E-state index >= 15 is 0 Å². The van der Waals surface area contributed by atoms with Crippen molar-refractivity contribution in [2.45, 2.75) is 51.2 Å². The van der Waals surface area contributed by atoms with Gasteiger partial charge in [-0.15, -0.1) is 0 Å². The predicted molar refractivity (Wildman–Crippen MR) is 70.6 cm³/mol. The van der Waals surface area contributed by atoms with Crippen molar-refractivity contribution in [3.63, 3.8) is 0 Å². The molecule has 4 nitrogen and oxygen atoms in total. The third kappa shape index (κ3) is 2.31. The summed E-state index contributed by atoms with van der Waals surface area (Å²) in [5.74, 6) is 1.71. The maximum atomic E-state index is 9.68.